The number of carboxylic acid groups (broad SMARTS) is 1. The molecule has 0 aromatic heterocycles. The Morgan fingerprint density at radius 2 is 1.54 bits per heavy atom. The predicted octanol–water partition coefficient (Wildman–Crippen LogP) is 4.04. The van der Waals surface area contributed by atoms with E-state index in [1.54, 1.807) is 44.2 Å². The Bertz CT molecular complexity index is 797. The minimum atomic E-state index is -1.54. The maximum absolute atomic E-state index is 13.4. The number of carboxylic acids is 1. The Kier molecular flexibility index (Phi) is 6.03. The molecule has 4 nitrogen and oxygen atoms in total. The number of carbonyl (C=O) groups is 3. The topological polar surface area (TPSA) is 71.4 Å². The Balaban J connectivity index is 2.57. The van der Waals surface area contributed by atoms with Crippen molar-refractivity contribution in [1.29, 1.82) is 0 Å². The lowest BCUT2D eigenvalue weighted by molar-refractivity contribution is -0.142. The van der Waals surface area contributed by atoms with Crippen molar-refractivity contribution in [2.24, 2.45) is 5.92 Å². The molecule has 0 bridgehead atoms. The Labute approximate surface area is 151 Å². The molecule has 0 aliphatic rings. The Morgan fingerprint density at radius 3 is 2.04 bits per heavy atom. The molecule has 0 amide bonds. The first-order valence-electron chi connectivity index (χ1n) is 8.36. The van der Waals surface area contributed by atoms with Crippen LogP contribution in [0.2, 0.25) is 0 Å². The summed E-state index contributed by atoms with van der Waals surface area (Å²) in [5.41, 5.74) is -0.800. The van der Waals surface area contributed by atoms with E-state index in [9.17, 15) is 23.9 Å². The number of rotatable bonds is 8. The van der Waals surface area contributed by atoms with Gasteiger partial charge in [-0.25, -0.2) is 4.39 Å². The van der Waals surface area contributed by atoms with Crippen LogP contribution in [-0.4, -0.2) is 22.6 Å². The largest absolute Gasteiger partial charge is 0.481 e. The number of hydrogen-bond acceptors (Lipinski definition) is 3. The van der Waals surface area contributed by atoms with Gasteiger partial charge in [0.05, 0.1) is 11.8 Å². The van der Waals surface area contributed by atoms with Gasteiger partial charge < -0.3 is 5.11 Å². The fraction of sp³-hybridized carbons (Fsp3) is 0.286. The van der Waals surface area contributed by atoms with Crippen LogP contribution in [0.1, 0.15) is 42.6 Å². The highest BCUT2D eigenvalue weighted by Gasteiger charge is 2.44. The molecular formula is C21H21FO4. The second-order valence-corrected chi connectivity index (χ2v) is 6.64. The summed E-state index contributed by atoms with van der Waals surface area (Å²) >= 11 is 0. The van der Waals surface area contributed by atoms with Crippen LogP contribution in [0.5, 0.6) is 0 Å². The molecule has 0 heterocycles. The van der Waals surface area contributed by atoms with Gasteiger partial charge in [-0.1, -0.05) is 56.3 Å². The van der Waals surface area contributed by atoms with Crippen LogP contribution >= 0.6 is 0 Å². The second kappa shape index (κ2) is 8.04. The number of carbonyl (C=O) groups excluding carboxylic acids is 2. The fourth-order valence-electron chi connectivity index (χ4n) is 3.16. The molecule has 0 radical (unpaired) electrons. The summed E-state index contributed by atoms with van der Waals surface area (Å²) in [6.07, 6.45) is -0.819. The third kappa shape index (κ3) is 4.23. The van der Waals surface area contributed by atoms with E-state index >= 15 is 0 Å². The van der Waals surface area contributed by atoms with Crippen molar-refractivity contribution in [2.75, 3.05) is 0 Å². The molecule has 5 heteroatoms. The maximum Gasteiger partial charge on any atom is 0.304 e. The summed E-state index contributed by atoms with van der Waals surface area (Å²) in [6.45, 7) is 3.32. The van der Waals surface area contributed by atoms with Gasteiger partial charge in [0, 0.05) is 17.9 Å². The normalized spacial score (nSPS) is 13.2. The van der Waals surface area contributed by atoms with Crippen molar-refractivity contribution in [3.05, 3.63) is 71.5 Å². The molecule has 1 N–H and O–H groups in total. The van der Waals surface area contributed by atoms with Gasteiger partial charge in [-0.3, -0.25) is 14.4 Å². The van der Waals surface area contributed by atoms with Gasteiger partial charge in [0.15, 0.2) is 5.78 Å². The van der Waals surface area contributed by atoms with Crippen LogP contribution in [0, 0.1) is 11.7 Å². The molecule has 0 saturated heterocycles. The first kappa shape index (κ1) is 19.5. The molecule has 1 unspecified atom stereocenters. The number of benzene rings is 2. The van der Waals surface area contributed by atoms with E-state index < -0.39 is 29.5 Å². The molecule has 0 fully saturated rings. The molecule has 2 aromatic rings. The van der Waals surface area contributed by atoms with Crippen LogP contribution in [0.25, 0.3) is 0 Å². The average Bonchev–Trinajstić information content (AvgIpc) is 2.61. The van der Waals surface area contributed by atoms with Gasteiger partial charge in [-0.15, -0.1) is 0 Å². The molecule has 2 aromatic carbocycles. The lowest BCUT2D eigenvalue weighted by Gasteiger charge is -2.32. The number of Topliss-reactive ketones (excluding diaryl/α,β-unsaturated/α-hetero) is 2. The first-order chi connectivity index (χ1) is 12.3. The molecule has 0 spiro atoms. The Morgan fingerprint density at radius 1 is 0.962 bits per heavy atom. The van der Waals surface area contributed by atoms with Crippen molar-refractivity contribution in [1.82, 2.24) is 0 Å². The first-order valence-corrected chi connectivity index (χ1v) is 8.36. The average molecular weight is 356 g/mol. The molecule has 26 heavy (non-hydrogen) atoms. The maximum atomic E-state index is 13.4. The van der Waals surface area contributed by atoms with E-state index in [0.717, 1.165) is 0 Å². The van der Waals surface area contributed by atoms with Gasteiger partial charge in [0.2, 0.25) is 0 Å². The van der Waals surface area contributed by atoms with E-state index in [4.69, 9.17) is 0 Å². The number of hydrogen-bond donors (Lipinski definition) is 1. The van der Waals surface area contributed by atoms with E-state index in [2.05, 4.69) is 0 Å². The predicted molar refractivity (Wildman–Crippen MR) is 95.6 cm³/mol. The highest BCUT2D eigenvalue weighted by Crippen LogP contribution is 2.37. The lowest BCUT2D eigenvalue weighted by atomic mass is 9.67. The highest BCUT2D eigenvalue weighted by molar-refractivity contribution is 6.04. The summed E-state index contributed by atoms with van der Waals surface area (Å²) < 4.78 is 13.4. The minimum Gasteiger partial charge on any atom is -0.481 e. The molecule has 1 atom stereocenters. The van der Waals surface area contributed by atoms with Gasteiger partial charge in [0.1, 0.15) is 11.6 Å². The summed E-state index contributed by atoms with van der Waals surface area (Å²) in [5.74, 6) is -2.85. The molecule has 0 aliphatic heterocycles. The monoisotopic (exact) mass is 356 g/mol. The van der Waals surface area contributed by atoms with Gasteiger partial charge in [0.25, 0.3) is 0 Å². The van der Waals surface area contributed by atoms with Gasteiger partial charge >= 0.3 is 5.97 Å². The zero-order valence-electron chi connectivity index (χ0n) is 14.7. The van der Waals surface area contributed by atoms with Gasteiger partial charge in [-0.2, -0.15) is 0 Å². The summed E-state index contributed by atoms with van der Waals surface area (Å²) in [7, 11) is 0. The molecule has 2 rings (SSSR count). The van der Waals surface area contributed by atoms with Crippen molar-refractivity contribution >= 4 is 17.5 Å². The van der Waals surface area contributed by atoms with Crippen LogP contribution in [-0.2, 0) is 15.0 Å². The van der Waals surface area contributed by atoms with E-state index in [0.29, 0.717) is 11.1 Å². The number of aliphatic carboxylic acids is 1. The van der Waals surface area contributed by atoms with Crippen LogP contribution < -0.4 is 0 Å². The fourth-order valence-corrected chi connectivity index (χ4v) is 3.16. The summed E-state index contributed by atoms with van der Waals surface area (Å²) in [6, 6.07) is 13.5. The third-order valence-corrected chi connectivity index (χ3v) is 4.40. The quantitative estimate of drug-likeness (QED) is 0.725. The van der Waals surface area contributed by atoms with E-state index in [1.165, 1.54) is 24.3 Å². The lowest BCUT2D eigenvalue weighted by Crippen LogP contribution is -2.42. The van der Waals surface area contributed by atoms with E-state index in [1.807, 2.05) is 0 Å². The standard InChI is InChI=1S/C21H21FO4/c1-14(2)20(26)21(13-19(24)25,16-8-10-17(22)11-9-16)12-18(23)15-6-4-3-5-7-15/h3-11,14H,12-13H2,1-2H3,(H,24,25). The van der Waals surface area contributed by atoms with Crippen LogP contribution in [0.15, 0.2) is 54.6 Å². The second-order valence-electron chi connectivity index (χ2n) is 6.64. The van der Waals surface area contributed by atoms with Gasteiger partial charge in [-0.05, 0) is 17.7 Å². The highest BCUT2D eigenvalue weighted by atomic mass is 19.1. The molecule has 0 aliphatic carbocycles. The minimum absolute atomic E-state index is 0.286. The van der Waals surface area contributed by atoms with Crippen LogP contribution in [0.4, 0.5) is 4.39 Å². The summed E-state index contributed by atoms with van der Waals surface area (Å²) in [5, 5.41) is 9.44. The smallest absolute Gasteiger partial charge is 0.304 e. The molecule has 0 saturated carbocycles. The zero-order valence-corrected chi connectivity index (χ0v) is 14.7. The summed E-state index contributed by atoms with van der Waals surface area (Å²) in [4.78, 5) is 37.4. The van der Waals surface area contributed by atoms with E-state index in [-0.39, 0.29) is 18.0 Å². The number of ketones is 2. The third-order valence-electron chi connectivity index (χ3n) is 4.40. The molecule has 136 valence electrons. The zero-order chi connectivity index (χ0) is 19.3. The van der Waals surface area contributed by atoms with Crippen molar-refractivity contribution < 1.29 is 23.9 Å². The van der Waals surface area contributed by atoms with Crippen molar-refractivity contribution in [2.45, 2.75) is 32.1 Å². The Hall–Kier alpha value is -2.82. The van der Waals surface area contributed by atoms with Crippen molar-refractivity contribution in [3.63, 3.8) is 0 Å². The number of halogens is 1. The SMILES string of the molecule is CC(C)C(=O)C(CC(=O)O)(CC(=O)c1ccccc1)c1ccc(F)cc1. The molecular weight excluding hydrogens is 335 g/mol. The van der Waals surface area contributed by atoms with Crippen molar-refractivity contribution in [3.8, 4) is 0 Å². The van der Waals surface area contributed by atoms with Crippen LogP contribution in [0.3, 0.4) is 0 Å².